The molecule has 0 aromatic carbocycles. The van der Waals surface area contributed by atoms with Gasteiger partial charge in [0.15, 0.2) is 0 Å². The van der Waals surface area contributed by atoms with Crippen LogP contribution in [0.1, 0.15) is 31.9 Å². The molecule has 0 aliphatic carbocycles. The molecule has 1 amide bonds. The van der Waals surface area contributed by atoms with Crippen molar-refractivity contribution < 1.29 is 4.79 Å². The van der Waals surface area contributed by atoms with E-state index in [2.05, 4.69) is 30.6 Å². The van der Waals surface area contributed by atoms with Crippen LogP contribution in [-0.4, -0.2) is 12.5 Å². The normalized spacial score (nSPS) is 10.6. The Bertz CT molecular complexity index is 514. The van der Waals surface area contributed by atoms with Crippen LogP contribution >= 0.6 is 22.7 Å². The Kier molecular flexibility index (Phi) is 4.55. The van der Waals surface area contributed by atoms with Crippen molar-refractivity contribution in [3.8, 4) is 0 Å². The summed E-state index contributed by atoms with van der Waals surface area (Å²) in [6, 6.07) is 6.15. The number of amides is 1. The van der Waals surface area contributed by atoms with Crippen LogP contribution in [0.2, 0.25) is 0 Å². The molecule has 0 fully saturated rings. The first kappa shape index (κ1) is 13.3. The van der Waals surface area contributed by atoms with Gasteiger partial charge in [0.1, 0.15) is 0 Å². The molecule has 2 nitrogen and oxygen atoms in total. The zero-order chi connectivity index (χ0) is 13.0. The minimum absolute atomic E-state index is 0.0550. The van der Waals surface area contributed by atoms with E-state index in [-0.39, 0.29) is 5.91 Å². The third kappa shape index (κ3) is 3.21. The molecule has 4 heteroatoms. The summed E-state index contributed by atoms with van der Waals surface area (Å²) in [6.45, 7) is 4.90. The van der Waals surface area contributed by atoms with Crippen LogP contribution in [0.5, 0.6) is 0 Å². The number of nitrogens with one attached hydrogen (secondary N) is 1. The fourth-order valence-corrected chi connectivity index (χ4v) is 3.56. The average Bonchev–Trinajstić information content (AvgIpc) is 2.98. The number of hydrogen-bond acceptors (Lipinski definition) is 3. The van der Waals surface area contributed by atoms with Crippen LogP contribution in [-0.2, 0) is 12.8 Å². The second-order valence-electron chi connectivity index (χ2n) is 4.13. The van der Waals surface area contributed by atoms with Crippen molar-refractivity contribution in [3.05, 3.63) is 43.8 Å². The smallest absolute Gasteiger partial charge is 0.261 e. The van der Waals surface area contributed by atoms with Crippen LogP contribution in [0.15, 0.2) is 23.6 Å². The lowest BCUT2D eigenvalue weighted by Gasteiger charge is -2.01. The SMILES string of the molecule is CCc1cc(C(=O)NCCc2cccs2)sc1C. The Labute approximate surface area is 116 Å². The molecule has 0 bridgehead atoms. The predicted octanol–water partition coefficient (Wildman–Crippen LogP) is 3.65. The van der Waals surface area contributed by atoms with Gasteiger partial charge in [-0.15, -0.1) is 22.7 Å². The monoisotopic (exact) mass is 279 g/mol. The molecule has 0 radical (unpaired) electrons. The number of carbonyl (C=O) groups excluding carboxylic acids is 1. The highest BCUT2D eigenvalue weighted by Crippen LogP contribution is 2.21. The third-order valence-electron chi connectivity index (χ3n) is 2.86. The summed E-state index contributed by atoms with van der Waals surface area (Å²) in [5.41, 5.74) is 1.28. The van der Waals surface area contributed by atoms with Gasteiger partial charge in [0.25, 0.3) is 5.91 Å². The zero-order valence-corrected chi connectivity index (χ0v) is 12.3. The van der Waals surface area contributed by atoms with Gasteiger partial charge in [-0.2, -0.15) is 0 Å². The highest BCUT2D eigenvalue weighted by Gasteiger charge is 2.10. The Hall–Kier alpha value is -1.13. The van der Waals surface area contributed by atoms with Crippen molar-refractivity contribution >= 4 is 28.6 Å². The Morgan fingerprint density at radius 2 is 2.28 bits per heavy atom. The van der Waals surface area contributed by atoms with Crippen molar-refractivity contribution in [1.29, 1.82) is 0 Å². The maximum atomic E-state index is 12.0. The highest BCUT2D eigenvalue weighted by atomic mass is 32.1. The number of hydrogen-bond donors (Lipinski definition) is 1. The van der Waals surface area contributed by atoms with Gasteiger partial charge in [0.2, 0.25) is 0 Å². The number of thiophene rings is 2. The van der Waals surface area contributed by atoms with Gasteiger partial charge in [0, 0.05) is 16.3 Å². The van der Waals surface area contributed by atoms with Gasteiger partial charge in [-0.05, 0) is 42.8 Å². The van der Waals surface area contributed by atoms with Crippen molar-refractivity contribution in [2.75, 3.05) is 6.54 Å². The van der Waals surface area contributed by atoms with Crippen molar-refractivity contribution in [2.45, 2.75) is 26.7 Å². The van der Waals surface area contributed by atoms with E-state index >= 15 is 0 Å². The van der Waals surface area contributed by atoms with Crippen molar-refractivity contribution in [3.63, 3.8) is 0 Å². The van der Waals surface area contributed by atoms with E-state index in [4.69, 9.17) is 0 Å². The molecule has 1 N–H and O–H groups in total. The van der Waals surface area contributed by atoms with Crippen LogP contribution in [0.4, 0.5) is 0 Å². The summed E-state index contributed by atoms with van der Waals surface area (Å²) in [5.74, 6) is 0.0550. The lowest BCUT2D eigenvalue weighted by Crippen LogP contribution is -2.24. The fourth-order valence-electron chi connectivity index (χ4n) is 1.82. The minimum Gasteiger partial charge on any atom is -0.351 e. The summed E-state index contributed by atoms with van der Waals surface area (Å²) < 4.78 is 0. The highest BCUT2D eigenvalue weighted by molar-refractivity contribution is 7.14. The van der Waals surface area contributed by atoms with Crippen LogP contribution in [0.25, 0.3) is 0 Å². The summed E-state index contributed by atoms with van der Waals surface area (Å²) in [4.78, 5) is 15.3. The lowest BCUT2D eigenvalue weighted by molar-refractivity contribution is 0.0958. The molecule has 96 valence electrons. The minimum atomic E-state index is 0.0550. The number of rotatable bonds is 5. The molecule has 18 heavy (non-hydrogen) atoms. The molecule has 0 atom stereocenters. The molecule has 0 unspecified atom stereocenters. The number of carbonyl (C=O) groups is 1. The fraction of sp³-hybridized carbons (Fsp3) is 0.357. The van der Waals surface area contributed by atoms with Gasteiger partial charge in [-0.3, -0.25) is 4.79 Å². The molecule has 0 saturated heterocycles. The van der Waals surface area contributed by atoms with Crippen LogP contribution in [0.3, 0.4) is 0 Å². The first-order valence-electron chi connectivity index (χ1n) is 6.10. The summed E-state index contributed by atoms with van der Waals surface area (Å²) in [5, 5.41) is 5.04. The summed E-state index contributed by atoms with van der Waals surface area (Å²) in [7, 11) is 0. The topological polar surface area (TPSA) is 29.1 Å². The van der Waals surface area contributed by atoms with Gasteiger partial charge in [-0.1, -0.05) is 13.0 Å². The van der Waals surface area contributed by atoms with Gasteiger partial charge in [0.05, 0.1) is 4.88 Å². The molecule has 0 aliphatic heterocycles. The molecule has 2 rings (SSSR count). The Balaban J connectivity index is 1.87. The maximum absolute atomic E-state index is 12.0. The maximum Gasteiger partial charge on any atom is 0.261 e. The lowest BCUT2D eigenvalue weighted by atomic mass is 10.2. The second-order valence-corrected chi connectivity index (χ2v) is 6.42. The largest absolute Gasteiger partial charge is 0.351 e. The summed E-state index contributed by atoms with van der Waals surface area (Å²) >= 11 is 3.32. The second kappa shape index (κ2) is 6.16. The van der Waals surface area contributed by atoms with Gasteiger partial charge >= 0.3 is 0 Å². The molecule has 0 aliphatic rings. The van der Waals surface area contributed by atoms with Crippen LogP contribution < -0.4 is 5.32 Å². The molecular weight excluding hydrogens is 262 g/mol. The molecule has 2 aromatic rings. The van der Waals surface area contributed by atoms with E-state index in [1.807, 2.05) is 12.1 Å². The molecule has 0 saturated carbocycles. The van der Waals surface area contributed by atoms with Crippen molar-refractivity contribution in [2.24, 2.45) is 0 Å². The molecule has 2 heterocycles. The predicted molar refractivity (Wildman–Crippen MR) is 78.8 cm³/mol. The Morgan fingerprint density at radius 3 is 2.89 bits per heavy atom. The molecule has 0 spiro atoms. The quantitative estimate of drug-likeness (QED) is 0.889. The third-order valence-corrected chi connectivity index (χ3v) is 4.89. The zero-order valence-electron chi connectivity index (χ0n) is 10.7. The van der Waals surface area contributed by atoms with E-state index in [0.717, 1.165) is 17.7 Å². The Morgan fingerprint density at radius 1 is 1.44 bits per heavy atom. The van der Waals surface area contributed by atoms with E-state index in [0.29, 0.717) is 6.54 Å². The van der Waals surface area contributed by atoms with E-state index in [9.17, 15) is 4.79 Å². The van der Waals surface area contributed by atoms with E-state index in [1.54, 1.807) is 22.7 Å². The van der Waals surface area contributed by atoms with Gasteiger partial charge in [-0.25, -0.2) is 0 Å². The number of aryl methyl sites for hydroxylation is 2. The standard InChI is InChI=1S/C14H17NOS2/c1-3-11-9-13(18-10(11)2)14(16)15-7-6-12-5-4-8-17-12/h4-5,8-9H,3,6-7H2,1-2H3,(H,15,16). The van der Waals surface area contributed by atoms with E-state index in [1.165, 1.54) is 15.3 Å². The van der Waals surface area contributed by atoms with Crippen molar-refractivity contribution in [1.82, 2.24) is 5.32 Å². The molecular formula is C14H17NOS2. The summed E-state index contributed by atoms with van der Waals surface area (Å²) in [6.07, 6.45) is 1.90. The molecule has 2 aromatic heterocycles. The average molecular weight is 279 g/mol. The van der Waals surface area contributed by atoms with Crippen LogP contribution in [0, 0.1) is 6.92 Å². The first-order valence-corrected chi connectivity index (χ1v) is 7.80. The van der Waals surface area contributed by atoms with E-state index < -0.39 is 0 Å². The first-order chi connectivity index (χ1) is 8.70. The van der Waals surface area contributed by atoms with Gasteiger partial charge < -0.3 is 5.32 Å².